The second-order valence-electron chi connectivity index (χ2n) is 7.97. The van der Waals surface area contributed by atoms with Crippen molar-refractivity contribution in [1.82, 2.24) is 15.8 Å². The summed E-state index contributed by atoms with van der Waals surface area (Å²) in [7, 11) is 0. The zero-order valence-electron chi connectivity index (χ0n) is 16.0. The first-order chi connectivity index (χ1) is 13.5. The molecule has 3 heterocycles. The van der Waals surface area contributed by atoms with E-state index in [2.05, 4.69) is 22.9 Å². The van der Waals surface area contributed by atoms with E-state index in [1.807, 2.05) is 35.2 Å². The van der Waals surface area contributed by atoms with Crippen molar-refractivity contribution in [1.29, 1.82) is 0 Å². The number of para-hydroxylation sites is 1. The minimum atomic E-state index is -0.970. The smallest absolute Gasteiger partial charge is 0.328 e. The summed E-state index contributed by atoms with van der Waals surface area (Å²) in [6.07, 6.45) is 3.23. The number of amides is 1. The molecular formula is C20H27N5O3. The van der Waals surface area contributed by atoms with Crippen molar-refractivity contribution in [2.75, 3.05) is 18.1 Å². The SMILES string of the molecule is CC1CC(C2CCCN(C(=O)C3=NN(c4ccccc4)C(C(=O)O)C3)C2)NN1. The third-order valence-corrected chi connectivity index (χ3v) is 5.90. The number of anilines is 1. The van der Waals surface area contributed by atoms with Gasteiger partial charge in [0.25, 0.3) is 5.91 Å². The molecule has 4 unspecified atom stereocenters. The monoisotopic (exact) mass is 385 g/mol. The molecule has 28 heavy (non-hydrogen) atoms. The van der Waals surface area contributed by atoms with Crippen LogP contribution in [0.1, 0.15) is 32.6 Å². The Kier molecular flexibility index (Phi) is 5.32. The molecule has 0 bridgehead atoms. The Morgan fingerprint density at radius 3 is 2.68 bits per heavy atom. The molecule has 8 heteroatoms. The lowest BCUT2D eigenvalue weighted by atomic mass is 9.88. The lowest BCUT2D eigenvalue weighted by molar-refractivity contribution is -0.138. The van der Waals surface area contributed by atoms with Crippen molar-refractivity contribution in [3.05, 3.63) is 30.3 Å². The first kappa shape index (κ1) is 18.9. The molecule has 3 aliphatic rings. The highest BCUT2D eigenvalue weighted by molar-refractivity contribution is 6.40. The summed E-state index contributed by atoms with van der Waals surface area (Å²) in [5, 5.41) is 15.5. The van der Waals surface area contributed by atoms with E-state index >= 15 is 0 Å². The Hall–Kier alpha value is -2.45. The number of likely N-dealkylation sites (tertiary alicyclic amines) is 1. The predicted molar refractivity (Wildman–Crippen MR) is 106 cm³/mol. The van der Waals surface area contributed by atoms with E-state index in [9.17, 15) is 14.7 Å². The Balaban J connectivity index is 1.48. The summed E-state index contributed by atoms with van der Waals surface area (Å²) in [6.45, 7) is 3.54. The fraction of sp³-hybridized carbons (Fsp3) is 0.550. The number of hydrogen-bond donors (Lipinski definition) is 3. The van der Waals surface area contributed by atoms with Crippen molar-refractivity contribution in [3.8, 4) is 0 Å². The summed E-state index contributed by atoms with van der Waals surface area (Å²) >= 11 is 0. The Morgan fingerprint density at radius 1 is 1.21 bits per heavy atom. The molecule has 0 radical (unpaired) electrons. The number of nitrogens with zero attached hydrogens (tertiary/aromatic N) is 3. The Morgan fingerprint density at radius 2 is 2.00 bits per heavy atom. The second kappa shape index (κ2) is 7.89. The van der Waals surface area contributed by atoms with Crippen LogP contribution in [0.15, 0.2) is 35.4 Å². The van der Waals surface area contributed by atoms with E-state index in [0.29, 0.717) is 42.5 Å². The fourth-order valence-electron chi connectivity index (χ4n) is 4.41. The van der Waals surface area contributed by atoms with Crippen molar-refractivity contribution in [2.45, 2.75) is 50.7 Å². The van der Waals surface area contributed by atoms with E-state index < -0.39 is 12.0 Å². The zero-order chi connectivity index (χ0) is 19.7. The van der Waals surface area contributed by atoms with Gasteiger partial charge in [-0.15, -0.1) is 0 Å². The normalized spacial score (nSPS) is 30.4. The van der Waals surface area contributed by atoms with Crippen LogP contribution in [0.3, 0.4) is 0 Å². The van der Waals surface area contributed by atoms with Crippen LogP contribution in [0.2, 0.25) is 0 Å². The molecule has 1 aromatic carbocycles. The van der Waals surface area contributed by atoms with Gasteiger partial charge in [0.05, 0.1) is 5.69 Å². The highest BCUT2D eigenvalue weighted by atomic mass is 16.4. The predicted octanol–water partition coefficient (Wildman–Crippen LogP) is 1.20. The van der Waals surface area contributed by atoms with Gasteiger partial charge < -0.3 is 10.0 Å². The minimum Gasteiger partial charge on any atom is -0.480 e. The molecule has 1 amide bonds. The van der Waals surface area contributed by atoms with E-state index in [-0.39, 0.29) is 12.3 Å². The Bertz CT molecular complexity index is 768. The van der Waals surface area contributed by atoms with Crippen LogP contribution in [-0.4, -0.2) is 58.8 Å². The number of rotatable bonds is 4. The maximum absolute atomic E-state index is 13.1. The third-order valence-electron chi connectivity index (χ3n) is 5.90. The van der Waals surface area contributed by atoms with Crippen LogP contribution in [0.4, 0.5) is 5.69 Å². The van der Waals surface area contributed by atoms with E-state index in [1.165, 1.54) is 5.01 Å². The van der Waals surface area contributed by atoms with Crippen LogP contribution in [0.25, 0.3) is 0 Å². The van der Waals surface area contributed by atoms with Gasteiger partial charge in [0, 0.05) is 31.6 Å². The number of hydrogen-bond acceptors (Lipinski definition) is 6. The van der Waals surface area contributed by atoms with E-state index in [4.69, 9.17) is 0 Å². The van der Waals surface area contributed by atoms with E-state index in [1.54, 1.807) is 0 Å². The molecular weight excluding hydrogens is 358 g/mol. The summed E-state index contributed by atoms with van der Waals surface area (Å²) < 4.78 is 0. The molecule has 3 N–H and O–H groups in total. The standard InChI is InChI=1S/C20H27N5O3/c1-13-10-16(22-21-13)14-6-5-9-24(12-14)19(26)17-11-18(20(27)28)25(23-17)15-7-3-2-4-8-15/h2-4,7-8,13-14,16,18,21-22H,5-6,9-12H2,1H3,(H,27,28). The number of aliphatic carboxylic acids is 1. The summed E-state index contributed by atoms with van der Waals surface area (Å²) in [4.78, 5) is 26.7. The number of hydrazine groups is 1. The Labute approximate surface area is 164 Å². The highest BCUT2D eigenvalue weighted by Crippen LogP contribution is 2.28. The van der Waals surface area contributed by atoms with Gasteiger partial charge in [0.15, 0.2) is 6.04 Å². The third kappa shape index (κ3) is 3.74. The van der Waals surface area contributed by atoms with Crippen LogP contribution < -0.4 is 15.9 Å². The van der Waals surface area contributed by atoms with Gasteiger partial charge in [-0.2, -0.15) is 5.10 Å². The van der Waals surface area contributed by atoms with Gasteiger partial charge >= 0.3 is 5.97 Å². The van der Waals surface area contributed by atoms with Gasteiger partial charge in [0.2, 0.25) is 0 Å². The number of hydrazone groups is 1. The molecule has 2 fully saturated rings. The summed E-state index contributed by atoms with van der Waals surface area (Å²) in [5.41, 5.74) is 7.63. The second-order valence-corrected chi connectivity index (χ2v) is 7.97. The number of carboxylic acids is 1. The molecule has 0 saturated carbocycles. The maximum Gasteiger partial charge on any atom is 0.328 e. The molecule has 0 aromatic heterocycles. The lowest BCUT2D eigenvalue weighted by Crippen LogP contribution is -2.48. The van der Waals surface area contributed by atoms with Gasteiger partial charge in [-0.05, 0) is 44.2 Å². The van der Waals surface area contributed by atoms with Crippen LogP contribution in [0, 0.1) is 5.92 Å². The highest BCUT2D eigenvalue weighted by Gasteiger charge is 2.39. The van der Waals surface area contributed by atoms with Gasteiger partial charge in [-0.25, -0.2) is 4.79 Å². The topological polar surface area (TPSA) is 97.3 Å². The quantitative estimate of drug-likeness (QED) is 0.721. The van der Waals surface area contributed by atoms with Gasteiger partial charge in [-0.1, -0.05) is 18.2 Å². The van der Waals surface area contributed by atoms with Crippen molar-refractivity contribution < 1.29 is 14.7 Å². The average molecular weight is 385 g/mol. The molecule has 0 aliphatic carbocycles. The first-order valence-electron chi connectivity index (χ1n) is 9.98. The molecule has 4 rings (SSSR count). The first-order valence-corrected chi connectivity index (χ1v) is 9.98. The summed E-state index contributed by atoms with van der Waals surface area (Å²) in [6, 6.07) is 9.11. The number of nitrogens with one attached hydrogen (secondary N) is 2. The average Bonchev–Trinajstić information content (AvgIpc) is 3.35. The fourth-order valence-corrected chi connectivity index (χ4v) is 4.41. The molecule has 4 atom stereocenters. The molecule has 150 valence electrons. The largest absolute Gasteiger partial charge is 0.480 e. The number of carboxylic acid groups (broad SMARTS) is 1. The molecule has 1 aromatic rings. The molecule has 0 spiro atoms. The maximum atomic E-state index is 13.1. The van der Waals surface area contributed by atoms with Crippen molar-refractivity contribution in [3.63, 3.8) is 0 Å². The van der Waals surface area contributed by atoms with E-state index in [0.717, 1.165) is 19.3 Å². The van der Waals surface area contributed by atoms with Crippen LogP contribution >= 0.6 is 0 Å². The van der Waals surface area contributed by atoms with Crippen molar-refractivity contribution >= 4 is 23.3 Å². The number of piperidine rings is 1. The number of carbonyl (C=O) groups excluding carboxylic acids is 1. The molecule has 8 nitrogen and oxygen atoms in total. The van der Waals surface area contributed by atoms with Crippen LogP contribution in [0.5, 0.6) is 0 Å². The van der Waals surface area contributed by atoms with Gasteiger partial charge in [0.1, 0.15) is 5.71 Å². The van der Waals surface area contributed by atoms with Gasteiger partial charge in [-0.3, -0.25) is 20.7 Å². The lowest BCUT2D eigenvalue weighted by Gasteiger charge is -2.35. The van der Waals surface area contributed by atoms with Crippen molar-refractivity contribution in [2.24, 2.45) is 11.0 Å². The molecule has 2 saturated heterocycles. The number of benzene rings is 1. The molecule has 3 aliphatic heterocycles. The minimum absolute atomic E-state index is 0.129. The number of carbonyl (C=O) groups is 2. The zero-order valence-corrected chi connectivity index (χ0v) is 16.0. The summed E-state index contributed by atoms with van der Waals surface area (Å²) in [5.74, 6) is -0.701. The van der Waals surface area contributed by atoms with Crippen LogP contribution in [-0.2, 0) is 9.59 Å².